The van der Waals surface area contributed by atoms with Crippen LogP contribution in [-0.2, 0) is 19.4 Å². The van der Waals surface area contributed by atoms with Crippen molar-refractivity contribution in [2.75, 3.05) is 18.6 Å². The van der Waals surface area contributed by atoms with Crippen molar-refractivity contribution in [1.29, 1.82) is 0 Å². The summed E-state index contributed by atoms with van der Waals surface area (Å²) in [6.07, 6.45) is 1.37. The van der Waals surface area contributed by atoms with E-state index < -0.39 is 39.4 Å². The Balaban J connectivity index is 2.71. The number of amides is 1. The van der Waals surface area contributed by atoms with Gasteiger partial charge in [0.2, 0.25) is 5.91 Å². The van der Waals surface area contributed by atoms with Crippen LogP contribution in [0.4, 0.5) is 0 Å². The Morgan fingerprint density at radius 3 is 2.38 bits per heavy atom. The summed E-state index contributed by atoms with van der Waals surface area (Å²) < 4.78 is 21.9. The number of aliphatic carboxylic acids is 1. The molecular formula is C9H15NO5S. The fraction of sp³-hybridized carbons (Fsp3) is 0.778. The normalized spacial score (nSPS) is 25.8. The lowest BCUT2D eigenvalue weighted by Crippen LogP contribution is -2.40. The zero-order valence-corrected chi connectivity index (χ0v) is 10.0. The average Bonchev–Trinajstić information content (AvgIpc) is 2.43. The van der Waals surface area contributed by atoms with Gasteiger partial charge in [0.25, 0.3) is 0 Å². The minimum atomic E-state index is -3.36. The van der Waals surface area contributed by atoms with E-state index in [-0.39, 0.29) is 0 Å². The minimum Gasteiger partial charge on any atom is -0.481 e. The maximum Gasteiger partial charge on any atom is 0.308 e. The van der Waals surface area contributed by atoms with E-state index in [0.29, 0.717) is 13.0 Å². The molecule has 1 aliphatic rings. The van der Waals surface area contributed by atoms with E-state index in [1.165, 1.54) is 4.90 Å². The molecule has 1 heterocycles. The highest BCUT2D eigenvalue weighted by Crippen LogP contribution is 2.24. The molecule has 0 bridgehead atoms. The molecule has 0 saturated carbocycles. The van der Waals surface area contributed by atoms with Crippen LogP contribution in [0.5, 0.6) is 0 Å². The average molecular weight is 249 g/mol. The summed E-state index contributed by atoms with van der Waals surface area (Å²) >= 11 is 0. The number of hydrogen-bond acceptors (Lipinski definition) is 4. The lowest BCUT2D eigenvalue weighted by atomic mass is 10.0. The van der Waals surface area contributed by atoms with Crippen molar-refractivity contribution in [1.82, 2.24) is 4.90 Å². The van der Waals surface area contributed by atoms with Gasteiger partial charge in [-0.25, -0.2) is 8.42 Å². The van der Waals surface area contributed by atoms with E-state index in [2.05, 4.69) is 0 Å². The van der Waals surface area contributed by atoms with Crippen LogP contribution in [0, 0.1) is 5.92 Å². The molecule has 1 aliphatic heterocycles. The minimum absolute atomic E-state index is 0.312. The van der Waals surface area contributed by atoms with Crippen LogP contribution in [0.2, 0.25) is 0 Å². The van der Waals surface area contributed by atoms with Crippen molar-refractivity contribution in [3.8, 4) is 0 Å². The molecule has 0 aliphatic carbocycles. The van der Waals surface area contributed by atoms with E-state index >= 15 is 0 Å². The predicted molar refractivity (Wildman–Crippen MR) is 56.6 cm³/mol. The van der Waals surface area contributed by atoms with Crippen LogP contribution in [0.3, 0.4) is 0 Å². The van der Waals surface area contributed by atoms with Crippen molar-refractivity contribution in [2.24, 2.45) is 5.92 Å². The van der Waals surface area contributed by atoms with Gasteiger partial charge in [-0.15, -0.1) is 0 Å². The van der Waals surface area contributed by atoms with Gasteiger partial charge in [-0.2, -0.15) is 0 Å². The van der Waals surface area contributed by atoms with Gasteiger partial charge in [0.15, 0.2) is 9.84 Å². The van der Waals surface area contributed by atoms with Crippen molar-refractivity contribution in [3.63, 3.8) is 0 Å². The Kier molecular flexibility index (Phi) is 3.57. The highest BCUT2D eigenvalue weighted by atomic mass is 32.2. The second-order valence-corrected chi connectivity index (χ2v) is 6.27. The molecule has 1 fully saturated rings. The van der Waals surface area contributed by atoms with Crippen molar-refractivity contribution in [2.45, 2.75) is 19.4 Å². The summed E-state index contributed by atoms with van der Waals surface area (Å²) in [6, 6.07) is -0.438. The molecule has 1 N–H and O–H groups in total. The summed E-state index contributed by atoms with van der Waals surface area (Å²) in [5.41, 5.74) is 0. The molecule has 0 aromatic rings. The summed E-state index contributed by atoms with van der Waals surface area (Å²) in [6.45, 7) is 1.94. The first-order valence-electron chi connectivity index (χ1n) is 4.92. The van der Waals surface area contributed by atoms with Gasteiger partial charge < -0.3 is 10.0 Å². The Bertz CT molecular complexity index is 402. The number of sulfone groups is 1. The summed E-state index contributed by atoms with van der Waals surface area (Å²) in [5, 5.41) is 8.86. The highest BCUT2D eigenvalue weighted by Gasteiger charge is 2.38. The number of hydrogen-bond donors (Lipinski definition) is 1. The topological polar surface area (TPSA) is 91.8 Å². The van der Waals surface area contributed by atoms with Crippen molar-refractivity contribution < 1.29 is 23.1 Å². The quantitative estimate of drug-likeness (QED) is 0.717. The zero-order chi connectivity index (χ0) is 12.5. The molecule has 1 saturated heterocycles. The summed E-state index contributed by atoms with van der Waals surface area (Å²) in [4.78, 5) is 23.7. The van der Waals surface area contributed by atoms with Crippen molar-refractivity contribution >= 4 is 21.7 Å². The molecule has 2 atom stereocenters. The van der Waals surface area contributed by atoms with Gasteiger partial charge in [-0.3, -0.25) is 9.59 Å². The van der Waals surface area contributed by atoms with Crippen LogP contribution >= 0.6 is 0 Å². The first-order chi connectivity index (χ1) is 7.22. The van der Waals surface area contributed by atoms with E-state index in [4.69, 9.17) is 5.11 Å². The Hall–Kier alpha value is -1.11. The molecule has 6 nitrogen and oxygen atoms in total. The first-order valence-corrected chi connectivity index (χ1v) is 6.98. The number of rotatable bonds is 3. The fourth-order valence-corrected chi connectivity index (χ4v) is 2.54. The summed E-state index contributed by atoms with van der Waals surface area (Å²) in [7, 11) is -3.36. The smallest absolute Gasteiger partial charge is 0.308 e. The monoisotopic (exact) mass is 249 g/mol. The zero-order valence-electron chi connectivity index (χ0n) is 9.21. The SMILES string of the molecule is CC1C(C(=O)O)CCN1C(=O)CS(C)(=O)=O. The molecule has 92 valence electrons. The lowest BCUT2D eigenvalue weighted by molar-refractivity contribution is -0.142. The number of carbonyl (C=O) groups is 2. The molecule has 0 aromatic heterocycles. The van der Waals surface area contributed by atoms with Crippen LogP contribution < -0.4 is 0 Å². The molecule has 1 amide bonds. The number of carbonyl (C=O) groups excluding carboxylic acids is 1. The van der Waals surface area contributed by atoms with Gasteiger partial charge in [-0.05, 0) is 13.3 Å². The van der Waals surface area contributed by atoms with E-state index in [0.717, 1.165) is 6.26 Å². The van der Waals surface area contributed by atoms with Gasteiger partial charge in [-0.1, -0.05) is 0 Å². The van der Waals surface area contributed by atoms with Crippen molar-refractivity contribution in [3.05, 3.63) is 0 Å². The molecule has 0 radical (unpaired) electrons. The maximum atomic E-state index is 11.6. The second-order valence-electron chi connectivity index (χ2n) is 4.13. The molecule has 16 heavy (non-hydrogen) atoms. The summed E-state index contributed by atoms with van der Waals surface area (Å²) in [5.74, 6) is -2.60. The Morgan fingerprint density at radius 2 is 2.00 bits per heavy atom. The van der Waals surface area contributed by atoms with Crippen LogP contribution in [0.15, 0.2) is 0 Å². The third-order valence-electron chi connectivity index (χ3n) is 2.78. The van der Waals surface area contributed by atoms with Gasteiger partial charge in [0.1, 0.15) is 5.75 Å². The molecule has 7 heteroatoms. The number of carboxylic acids is 1. The van der Waals surface area contributed by atoms with Crippen LogP contribution in [0.25, 0.3) is 0 Å². The largest absolute Gasteiger partial charge is 0.481 e. The van der Waals surface area contributed by atoms with E-state index in [1.54, 1.807) is 6.92 Å². The lowest BCUT2D eigenvalue weighted by Gasteiger charge is -2.22. The Labute approximate surface area is 94.2 Å². The van der Waals surface area contributed by atoms with E-state index in [9.17, 15) is 18.0 Å². The molecular weight excluding hydrogens is 234 g/mol. The van der Waals surface area contributed by atoms with Gasteiger partial charge in [0, 0.05) is 18.8 Å². The van der Waals surface area contributed by atoms with Crippen LogP contribution in [-0.4, -0.2) is 54.9 Å². The van der Waals surface area contributed by atoms with Gasteiger partial charge in [0.05, 0.1) is 5.92 Å². The van der Waals surface area contributed by atoms with E-state index in [1.807, 2.05) is 0 Å². The number of carboxylic acid groups (broad SMARTS) is 1. The maximum absolute atomic E-state index is 11.6. The third-order valence-corrected chi connectivity index (χ3v) is 3.55. The predicted octanol–water partition coefficient (Wildman–Crippen LogP) is -0.647. The third kappa shape index (κ3) is 2.94. The molecule has 0 spiro atoms. The Morgan fingerprint density at radius 1 is 1.44 bits per heavy atom. The molecule has 2 unspecified atom stereocenters. The molecule has 0 aromatic carbocycles. The van der Waals surface area contributed by atoms with Crippen LogP contribution in [0.1, 0.15) is 13.3 Å². The fourth-order valence-electron chi connectivity index (χ4n) is 1.93. The van der Waals surface area contributed by atoms with Gasteiger partial charge >= 0.3 is 5.97 Å². The number of nitrogens with zero attached hydrogens (tertiary/aromatic N) is 1. The first kappa shape index (κ1) is 13.0. The standard InChI is InChI=1S/C9H15NO5S/c1-6-7(9(12)13)3-4-10(6)8(11)5-16(2,14)15/h6-7H,3-5H2,1-2H3,(H,12,13). The molecule has 1 rings (SSSR count). The highest BCUT2D eigenvalue weighted by molar-refractivity contribution is 7.91. The number of likely N-dealkylation sites (tertiary alicyclic amines) is 1. The second kappa shape index (κ2) is 4.40.